The van der Waals surface area contributed by atoms with Crippen molar-refractivity contribution in [1.82, 2.24) is 19.9 Å². The van der Waals surface area contributed by atoms with Gasteiger partial charge in [0, 0.05) is 36.3 Å². The Morgan fingerprint density at radius 3 is 2.64 bits per heavy atom. The number of aryl methyl sites for hydroxylation is 2. The number of pyridine rings is 1. The number of hydrogen-bond acceptors (Lipinski definition) is 11. The summed E-state index contributed by atoms with van der Waals surface area (Å²) in [6, 6.07) is 4.68. The number of allylic oxidation sites excluding steroid dienone is 1. The van der Waals surface area contributed by atoms with Crippen LogP contribution in [0.4, 0.5) is 0 Å². The van der Waals surface area contributed by atoms with Crippen LogP contribution in [0.15, 0.2) is 30.4 Å². The Bertz CT molecular complexity index is 2080. The lowest BCUT2D eigenvalue weighted by Crippen LogP contribution is -2.57. The predicted octanol–water partition coefficient (Wildman–Crippen LogP) is 4.83. The Morgan fingerprint density at radius 1 is 1.10 bits per heavy atom. The van der Waals surface area contributed by atoms with E-state index in [4.69, 9.17) is 23.9 Å². The van der Waals surface area contributed by atoms with Crippen molar-refractivity contribution in [2.75, 3.05) is 33.5 Å². The Hall–Kier alpha value is -4.24. The normalized spacial score (nSPS) is 28.6. The van der Waals surface area contributed by atoms with E-state index in [1.165, 1.54) is 4.90 Å². The van der Waals surface area contributed by atoms with Gasteiger partial charge in [-0.15, -0.1) is 0 Å². The molecule has 0 radical (unpaired) electrons. The lowest BCUT2D eigenvalue weighted by Gasteiger charge is -2.36. The number of nitrogens with one attached hydrogen (secondary N) is 2. The van der Waals surface area contributed by atoms with Gasteiger partial charge >= 0.3 is 5.97 Å². The van der Waals surface area contributed by atoms with E-state index < -0.39 is 61.6 Å². The molecule has 0 bridgehead atoms. The number of methoxy groups -OCH3 is 1. The van der Waals surface area contributed by atoms with E-state index in [0.717, 1.165) is 35.7 Å². The topological polar surface area (TPSA) is 180 Å². The molecule has 3 fully saturated rings. The number of rotatable bonds is 11. The first-order valence-electron chi connectivity index (χ1n) is 20.8. The van der Waals surface area contributed by atoms with Crippen molar-refractivity contribution in [2.24, 2.45) is 17.8 Å². The minimum Gasteiger partial charge on any atom is -0.491 e. The highest BCUT2D eigenvalue weighted by Crippen LogP contribution is 2.49. The van der Waals surface area contributed by atoms with Crippen LogP contribution >= 0.6 is 0 Å². The van der Waals surface area contributed by atoms with Crippen LogP contribution in [0.3, 0.4) is 0 Å². The number of hydrogen-bond donors (Lipinski definition) is 2. The van der Waals surface area contributed by atoms with Crippen molar-refractivity contribution in [1.29, 1.82) is 0 Å². The number of esters is 1. The lowest BCUT2D eigenvalue weighted by molar-refractivity contribution is -0.151. The first-order chi connectivity index (χ1) is 27.6. The molecule has 3 amide bonds. The first-order valence-corrected chi connectivity index (χ1v) is 22.3. The van der Waals surface area contributed by atoms with Crippen molar-refractivity contribution in [3.05, 3.63) is 41.6 Å². The van der Waals surface area contributed by atoms with Gasteiger partial charge in [0.2, 0.25) is 21.8 Å². The van der Waals surface area contributed by atoms with Crippen molar-refractivity contribution < 1.29 is 46.5 Å². The number of benzene rings is 1. The maximum absolute atomic E-state index is 14.8. The second-order valence-corrected chi connectivity index (χ2v) is 19.9. The SMILES string of the molecule is COCCOc1ccc2nc(C)c3c(c2c1)CC[C@]1(C[C@H]2C(=O)N[C@]4(C(=O)NS(=O)(=O)C5(C)CC5)C[C@H]4/C=C\CCCCC[C@H](CC(=O)OCC(C)C)C(=O)N2C1)O3. The van der Waals surface area contributed by atoms with Crippen molar-refractivity contribution in [2.45, 2.75) is 127 Å². The average molecular weight is 823 g/mol. The molecule has 2 aromatic rings. The molecule has 5 aliphatic rings. The molecular weight excluding hydrogens is 765 g/mol. The standard InChI is InChI=1S/C43H58N4O10S/c1-27(2)25-56-36(48)21-29-11-9-7-6-8-10-12-30-23-43(30,40(51)46-58(52,53)41(4)17-18-41)45-38(49)35-24-42(26-47(35)39(29)50)16-15-32-33-22-31(55-20-19-54-5)13-14-34(33)44-28(3)37(32)57-42/h10,12-14,22,27,29-30,35H,6-9,11,15-21,23-26H2,1-5H3,(H,45,49)(H,46,51)/b12-10-/t29-,30-,35+,42-,43-/m1/s1. The number of carbonyl (C=O) groups excluding carboxylic acids is 4. The van der Waals surface area contributed by atoms with Gasteiger partial charge in [0.1, 0.15) is 35.3 Å². The summed E-state index contributed by atoms with van der Waals surface area (Å²) in [6.45, 7) is 8.52. The number of nitrogens with zero attached hydrogens (tertiary/aromatic N) is 2. The molecule has 3 aliphatic heterocycles. The molecule has 1 aromatic carbocycles. The van der Waals surface area contributed by atoms with Crippen LogP contribution in [0.1, 0.15) is 103 Å². The van der Waals surface area contributed by atoms with Crippen LogP contribution in [0, 0.1) is 24.7 Å². The predicted molar refractivity (Wildman–Crippen MR) is 215 cm³/mol. The third kappa shape index (κ3) is 8.57. The highest BCUT2D eigenvalue weighted by Gasteiger charge is 2.64. The summed E-state index contributed by atoms with van der Waals surface area (Å²) < 4.78 is 51.3. The van der Waals surface area contributed by atoms with E-state index in [2.05, 4.69) is 10.0 Å². The molecule has 2 aliphatic carbocycles. The maximum Gasteiger partial charge on any atom is 0.306 e. The lowest BCUT2D eigenvalue weighted by atomic mass is 9.87. The summed E-state index contributed by atoms with van der Waals surface area (Å²) in [5.41, 5.74) is -0.0446. The molecule has 1 spiro atoms. The molecular formula is C43H58N4O10S. The van der Waals surface area contributed by atoms with Gasteiger partial charge in [-0.2, -0.15) is 0 Å². The summed E-state index contributed by atoms with van der Waals surface area (Å²) in [5, 5.41) is 3.86. The molecule has 0 unspecified atom stereocenters. The van der Waals surface area contributed by atoms with Crippen LogP contribution in [0.5, 0.6) is 11.5 Å². The fourth-order valence-electron chi connectivity index (χ4n) is 8.66. The Balaban J connectivity index is 1.22. The van der Waals surface area contributed by atoms with E-state index in [1.807, 2.05) is 51.1 Å². The Morgan fingerprint density at radius 2 is 1.90 bits per heavy atom. The van der Waals surface area contributed by atoms with Crippen molar-refractivity contribution in [3.63, 3.8) is 0 Å². The second-order valence-electron chi connectivity index (χ2n) is 17.7. The zero-order valence-corrected chi connectivity index (χ0v) is 35.2. The Kier molecular flexibility index (Phi) is 11.9. The number of ether oxygens (including phenoxy) is 4. The van der Waals surface area contributed by atoms with Gasteiger partial charge in [-0.25, -0.2) is 13.4 Å². The molecule has 4 heterocycles. The highest BCUT2D eigenvalue weighted by atomic mass is 32.2. The van der Waals surface area contributed by atoms with Gasteiger partial charge in [0.25, 0.3) is 5.91 Å². The van der Waals surface area contributed by atoms with Crippen molar-refractivity contribution in [3.8, 4) is 11.5 Å². The first kappa shape index (κ1) is 41.9. The van der Waals surface area contributed by atoms with E-state index in [0.29, 0.717) is 68.9 Å². The van der Waals surface area contributed by atoms with Crippen molar-refractivity contribution >= 4 is 44.6 Å². The van der Waals surface area contributed by atoms with Crippen LogP contribution in [0.2, 0.25) is 0 Å². The molecule has 7 rings (SSSR count). The number of aromatic nitrogens is 1. The highest BCUT2D eigenvalue weighted by molar-refractivity contribution is 7.91. The fourth-order valence-corrected chi connectivity index (χ4v) is 9.97. The molecule has 5 atom stereocenters. The largest absolute Gasteiger partial charge is 0.491 e. The average Bonchev–Trinajstić information content (AvgIpc) is 4.07. The fraction of sp³-hybridized carbons (Fsp3) is 0.651. The number of amides is 3. The van der Waals surface area contributed by atoms with Crippen LogP contribution < -0.4 is 19.5 Å². The van der Waals surface area contributed by atoms with E-state index in [9.17, 15) is 27.6 Å². The quantitative estimate of drug-likeness (QED) is 0.180. The van der Waals surface area contributed by atoms with E-state index >= 15 is 0 Å². The van der Waals surface area contributed by atoms with Gasteiger partial charge in [-0.1, -0.05) is 38.8 Å². The smallest absolute Gasteiger partial charge is 0.306 e. The van der Waals surface area contributed by atoms with Gasteiger partial charge in [-0.05, 0) is 89.3 Å². The van der Waals surface area contributed by atoms with Gasteiger partial charge in [0.05, 0.1) is 42.1 Å². The Labute approximate surface area is 341 Å². The van der Waals surface area contributed by atoms with Crippen LogP contribution in [-0.2, 0) is 45.1 Å². The van der Waals surface area contributed by atoms with Gasteiger partial charge in [0.15, 0.2) is 0 Å². The number of sulfonamides is 1. The minimum absolute atomic E-state index is 0.0772. The summed E-state index contributed by atoms with van der Waals surface area (Å²) >= 11 is 0. The number of carbonyl (C=O) groups is 4. The van der Waals surface area contributed by atoms with Crippen LogP contribution in [0.25, 0.3) is 10.9 Å². The summed E-state index contributed by atoms with van der Waals surface area (Å²) in [6.07, 6.45) is 9.55. The molecule has 15 heteroatoms. The summed E-state index contributed by atoms with van der Waals surface area (Å²) in [4.78, 5) is 63.1. The number of fused-ring (bicyclic) bond motifs is 5. The van der Waals surface area contributed by atoms with Crippen LogP contribution in [-0.4, -0.2) is 97.4 Å². The molecule has 1 aromatic heterocycles. The summed E-state index contributed by atoms with van der Waals surface area (Å²) in [7, 11) is -2.37. The summed E-state index contributed by atoms with van der Waals surface area (Å²) in [5.74, 6) is -1.91. The third-order valence-electron chi connectivity index (χ3n) is 12.6. The van der Waals surface area contributed by atoms with E-state index in [-0.39, 0.29) is 44.2 Å². The zero-order valence-electron chi connectivity index (χ0n) is 34.4. The maximum atomic E-state index is 14.8. The molecule has 2 N–H and O–H groups in total. The molecule has 316 valence electrons. The molecule has 58 heavy (non-hydrogen) atoms. The van der Waals surface area contributed by atoms with E-state index in [1.54, 1.807) is 14.0 Å². The third-order valence-corrected chi connectivity index (χ3v) is 14.8. The minimum atomic E-state index is -3.99. The molecule has 14 nitrogen and oxygen atoms in total. The molecule has 1 saturated heterocycles. The van der Waals surface area contributed by atoms with Gasteiger partial charge in [-0.3, -0.25) is 23.9 Å². The molecule has 2 saturated carbocycles. The second kappa shape index (κ2) is 16.4. The zero-order chi connectivity index (χ0) is 41.5. The van der Waals surface area contributed by atoms with Gasteiger partial charge < -0.3 is 29.2 Å². The monoisotopic (exact) mass is 822 g/mol.